The zero-order chi connectivity index (χ0) is 23.9. The van der Waals surface area contributed by atoms with Crippen LogP contribution in [0.25, 0.3) is 10.9 Å². The summed E-state index contributed by atoms with van der Waals surface area (Å²) in [5.41, 5.74) is 0.250. The molecule has 3 saturated heterocycles. The molecule has 4 heterocycles. The molecule has 3 aliphatic heterocycles. The van der Waals surface area contributed by atoms with Gasteiger partial charge in [-0.1, -0.05) is 6.92 Å². The lowest BCUT2D eigenvalue weighted by molar-refractivity contribution is -0.187. The van der Waals surface area contributed by atoms with Gasteiger partial charge in [-0.05, 0) is 48.4 Å². The van der Waals surface area contributed by atoms with Gasteiger partial charge in [0.2, 0.25) is 15.9 Å². The minimum absolute atomic E-state index is 0.0962. The van der Waals surface area contributed by atoms with E-state index in [2.05, 4.69) is 6.92 Å². The number of benzene rings is 1. The maximum atomic E-state index is 13.2. The Morgan fingerprint density at radius 1 is 1.03 bits per heavy atom. The predicted octanol–water partition coefficient (Wildman–Crippen LogP) is 1.79. The van der Waals surface area contributed by atoms with Crippen LogP contribution in [0.15, 0.2) is 40.0 Å². The van der Waals surface area contributed by atoms with Gasteiger partial charge >= 0.3 is 0 Å². The van der Waals surface area contributed by atoms with Crippen molar-refractivity contribution in [1.29, 1.82) is 0 Å². The molecular weight excluding hydrogens is 458 g/mol. The van der Waals surface area contributed by atoms with Gasteiger partial charge in [0.1, 0.15) is 6.54 Å². The first kappa shape index (κ1) is 23.5. The van der Waals surface area contributed by atoms with Gasteiger partial charge in [0.05, 0.1) is 23.6 Å². The number of fused-ring (bicyclic) bond motifs is 1. The lowest BCUT2D eigenvalue weighted by atomic mass is 10.0. The highest BCUT2D eigenvalue weighted by molar-refractivity contribution is 7.89. The van der Waals surface area contributed by atoms with Crippen molar-refractivity contribution in [2.45, 2.75) is 49.8 Å². The number of hydrogen-bond donors (Lipinski definition) is 0. The van der Waals surface area contributed by atoms with Crippen LogP contribution in [0.3, 0.4) is 0 Å². The van der Waals surface area contributed by atoms with Crippen molar-refractivity contribution >= 4 is 26.8 Å². The fourth-order valence-corrected chi connectivity index (χ4v) is 6.60. The van der Waals surface area contributed by atoms with Crippen molar-refractivity contribution in [2.75, 3.05) is 39.4 Å². The molecule has 1 aromatic carbocycles. The number of likely N-dealkylation sites (tertiary alicyclic amines) is 1. The molecule has 0 bridgehead atoms. The van der Waals surface area contributed by atoms with Crippen molar-refractivity contribution in [2.24, 2.45) is 5.92 Å². The van der Waals surface area contributed by atoms with E-state index in [4.69, 9.17) is 9.47 Å². The minimum Gasteiger partial charge on any atom is -0.347 e. The molecule has 1 aromatic heterocycles. The van der Waals surface area contributed by atoms with E-state index in [1.807, 2.05) is 0 Å². The molecule has 1 amide bonds. The summed E-state index contributed by atoms with van der Waals surface area (Å²) >= 11 is 0. The Balaban J connectivity index is 1.35. The highest BCUT2D eigenvalue weighted by Crippen LogP contribution is 2.31. The summed E-state index contributed by atoms with van der Waals surface area (Å²) in [5, 5.41) is 0.615. The third kappa shape index (κ3) is 4.39. The molecule has 5 rings (SSSR count). The van der Waals surface area contributed by atoms with Gasteiger partial charge in [0, 0.05) is 45.1 Å². The minimum atomic E-state index is -3.60. The van der Waals surface area contributed by atoms with E-state index in [1.54, 1.807) is 23.1 Å². The Kier molecular flexibility index (Phi) is 6.26. The standard InChI is InChI=1S/C24H31N3O6S/c1-18-6-10-26(11-7-18)34(30,31)20-3-4-21-19(16-20)2-5-22(28)27(21)17-23(29)25-12-8-24(9-13-25)32-14-15-33-24/h2-5,16,18H,6-15,17H2,1H3. The molecule has 184 valence electrons. The molecule has 2 aromatic rings. The number of sulfonamides is 1. The maximum absolute atomic E-state index is 13.2. The van der Waals surface area contributed by atoms with Crippen LogP contribution >= 0.6 is 0 Å². The van der Waals surface area contributed by atoms with Crippen LogP contribution in [0.2, 0.25) is 0 Å². The molecule has 10 heteroatoms. The van der Waals surface area contributed by atoms with Gasteiger partial charge in [0.15, 0.2) is 5.79 Å². The van der Waals surface area contributed by atoms with E-state index in [1.165, 1.54) is 21.0 Å². The van der Waals surface area contributed by atoms with E-state index in [9.17, 15) is 18.0 Å². The number of rotatable bonds is 4. The number of pyridine rings is 1. The summed E-state index contributed by atoms with van der Waals surface area (Å²) in [6, 6.07) is 7.78. The van der Waals surface area contributed by atoms with Crippen molar-refractivity contribution in [3.8, 4) is 0 Å². The Labute approximate surface area is 199 Å². The number of nitrogens with zero attached hydrogens (tertiary/aromatic N) is 3. The number of ether oxygens (including phenoxy) is 2. The Morgan fingerprint density at radius 2 is 1.71 bits per heavy atom. The SMILES string of the molecule is CC1CCN(S(=O)(=O)c2ccc3c(ccc(=O)n3CC(=O)N3CCC4(CC3)OCCO4)c2)CC1. The van der Waals surface area contributed by atoms with Crippen LogP contribution < -0.4 is 5.56 Å². The number of aromatic nitrogens is 1. The molecule has 9 nitrogen and oxygen atoms in total. The summed E-state index contributed by atoms with van der Waals surface area (Å²) in [6.45, 7) is 5.25. The van der Waals surface area contributed by atoms with E-state index in [0.29, 0.717) is 69.1 Å². The molecule has 0 unspecified atom stereocenters. The zero-order valence-electron chi connectivity index (χ0n) is 19.4. The highest BCUT2D eigenvalue weighted by atomic mass is 32.2. The lowest BCUT2D eigenvalue weighted by Crippen LogP contribution is -2.48. The number of piperidine rings is 2. The maximum Gasteiger partial charge on any atom is 0.251 e. The predicted molar refractivity (Wildman–Crippen MR) is 126 cm³/mol. The number of carbonyl (C=O) groups is 1. The molecule has 0 radical (unpaired) electrons. The monoisotopic (exact) mass is 489 g/mol. The Bertz CT molecular complexity index is 1230. The summed E-state index contributed by atoms with van der Waals surface area (Å²) in [7, 11) is -3.60. The van der Waals surface area contributed by atoms with Crippen LogP contribution in [0.4, 0.5) is 0 Å². The van der Waals surface area contributed by atoms with Gasteiger partial charge in [-0.3, -0.25) is 14.2 Å². The number of hydrogen-bond acceptors (Lipinski definition) is 6. The number of carbonyl (C=O) groups excluding carboxylic acids is 1. The summed E-state index contributed by atoms with van der Waals surface area (Å²) in [6.07, 6.45) is 2.92. The van der Waals surface area contributed by atoms with Gasteiger partial charge in [-0.15, -0.1) is 0 Å². The fourth-order valence-electron chi connectivity index (χ4n) is 5.10. The molecule has 3 aliphatic rings. The average Bonchev–Trinajstić information content (AvgIpc) is 3.29. The highest BCUT2D eigenvalue weighted by Gasteiger charge is 2.40. The molecule has 34 heavy (non-hydrogen) atoms. The third-order valence-electron chi connectivity index (χ3n) is 7.33. The summed E-state index contributed by atoms with van der Waals surface area (Å²) in [4.78, 5) is 27.6. The largest absolute Gasteiger partial charge is 0.347 e. The van der Waals surface area contributed by atoms with E-state index >= 15 is 0 Å². The Hall–Kier alpha value is -2.27. The van der Waals surface area contributed by atoms with Crippen molar-refractivity contribution in [3.05, 3.63) is 40.7 Å². The van der Waals surface area contributed by atoms with E-state index in [0.717, 1.165) is 12.8 Å². The molecule has 1 spiro atoms. The number of amides is 1. The quantitative estimate of drug-likeness (QED) is 0.650. The topological polar surface area (TPSA) is 98.2 Å². The van der Waals surface area contributed by atoms with Crippen LogP contribution in [0.5, 0.6) is 0 Å². The van der Waals surface area contributed by atoms with Crippen molar-refractivity contribution in [3.63, 3.8) is 0 Å². The van der Waals surface area contributed by atoms with Gasteiger partial charge in [-0.2, -0.15) is 4.31 Å². The van der Waals surface area contributed by atoms with Crippen molar-refractivity contribution < 1.29 is 22.7 Å². The molecule has 0 saturated carbocycles. The Morgan fingerprint density at radius 3 is 2.38 bits per heavy atom. The van der Waals surface area contributed by atoms with Gasteiger partial charge in [0.25, 0.3) is 5.56 Å². The van der Waals surface area contributed by atoms with Crippen molar-refractivity contribution in [1.82, 2.24) is 13.8 Å². The summed E-state index contributed by atoms with van der Waals surface area (Å²) in [5.74, 6) is -0.193. The third-order valence-corrected chi connectivity index (χ3v) is 9.22. The smallest absolute Gasteiger partial charge is 0.251 e. The molecule has 3 fully saturated rings. The van der Waals surface area contributed by atoms with Crippen LogP contribution in [-0.2, 0) is 30.8 Å². The molecule has 0 N–H and O–H groups in total. The van der Waals surface area contributed by atoms with Crippen LogP contribution in [-0.4, -0.2) is 73.3 Å². The van der Waals surface area contributed by atoms with E-state index in [-0.39, 0.29) is 22.9 Å². The van der Waals surface area contributed by atoms with Gasteiger partial charge < -0.3 is 14.4 Å². The molecule has 0 atom stereocenters. The second-order valence-electron chi connectivity index (χ2n) is 9.55. The lowest BCUT2D eigenvalue weighted by Gasteiger charge is -2.37. The second-order valence-corrected chi connectivity index (χ2v) is 11.5. The second kappa shape index (κ2) is 9.07. The molecular formula is C24H31N3O6S. The zero-order valence-corrected chi connectivity index (χ0v) is 20.3. The van der Waals surface area contributed by atoms with Crippen LogP contribution in [0, 0.1) is 5.92 Å². The average molecular weight is 490 g/mol. The first-order valence-corrected chi connectivity index (χ1v) is 13.4. The molecule has 0 aliphatic carbocycles. The van der Waals surface area contributed by atoms with Crippen LogP contribution in [0.1, 0.15) is 32.6 Å². The fraction of sp³-hybridized carbons (Fsp3) is 0.583. The summed E-state index contributed by atoms with van der Waals surface area (Å²) < 4.78 is 40.7. The van der Waals surface area contributed by atoms with E-state index < -0.39 is 15.8 Å². The van der Waals surface area contributed by atoms with Gasteiger partial charge in [-0.25, -0.2) is 8.42 Å². The normalized spacial score (nSPS) is 22.0. The first-order chi connectivity index (χ1) is 16.3. The first-order valence-electron chi connectivity index (χ1n) is 12.0.